The molecule has 0 unspecified atom stereocenters. The van der Waals surface area contributed by atoms with Crippen LogP contribution in [0.1, 0.15) is 25.1 Å². The van der Waals surface area contributed by atoms with Gasteiger partial charge in [-0.3, -0.25) is 5.10 Å². The molecule has 0 aliphatic heterocycles. The van der Waals surface area contributed by atoms with Crippen LogP contribution < -0.4 is 16.0 Å². The van der Waals surface area contributed by atoms with Crippen LogP contribution in [-0.4, -0.2) is 40.9 Å². The molecular formula is C19H25N7O2S. The summed E-state index contributed by atoms with van der Waals surface area (Å²) in [6.07, 6.45) is 2.79. The minimum atomic E-state index is -3.37. The van der Waals surface area contributed by atoms with Crippen LogP contribution in [0.25, 0.3) is 0 Å². The van der Waals surface area contributed by atoms with Gasteiger partial charge in [-0.1, -0.05) is 0 Å². The number of sulfone groups is 1. The maximum Gasteiger partial charge on any atom is 0.229 e. The highest BCUT2D eigenvalue weighted by molar-refractivity contribution is 7.90. The number of aryl methyl sites for hydroxylation is 1. The predicted octanol–water partition coefficient (Wildman–Crippen LogP) is 3.53. The van der Waals surface area contributed by atoms with Crippen LogP contribution in [0.4, 0.5) is 29.0 Å². The molecule has 0 amide bonds. The lowest BCUT2D eigenvalue weighted by molar-refractivity contribution is 0.602. The van der Waals surface area contributed by atoms with Crippen molar-refractivity contribution in [3.8, 4) is 0 Å². The number of hydrogen-bond donors (Lipinski definition) is 4. The molecule has 0 aliphatic carbocycles. The zero-order valence-electron chi connectivity index (χ0n) is 17.0. The molecule has 0 spiro atoms. The number of aromatic nitrogens is 4. The number of nitrogens with zero attached hydrogens (tertiary/aromatic N) is 3. The number of nitrogens with one attached hydrogen (secondary N) is 4. The van der Waals surface area contributed by atoms with Gasteiger partial charge in [-0.15, -0.1) is 0 Å². The number of H-pyrrole nitrogens is 1. The van der Waals surface area contributed by atoms with E-state index in [2.05, 4.69) is 36.1 Å². The fourth-order valence-electron chi connectivity index (χ4n) is 2.65. The molecule has 9 nitrogen and oxygen atoms in total. The second kappa shape index (κ2) is 8.08. The Balaban J connectivity index is 1.88. The molecule has 10 heteroatoms. The average Bonchev–Trinajstić information content (AvgIpc) is 2.92. The van der Waals surface area contributed by atoms with Crippen molar-refractivity contribution in [1.29, 1.82) is 0 Å². The standard InChI is InChI=1S/C19H25N7O2S/c1-11(2)21-14-8-15(10-16(9-14)29(5,27)28)22-19-20-7-6-17(24-19)23-18-12(3)13(4)25-26-18/h6-11,21H,1-5H3,(H3,20,22,23,24,25,26). The fraction of sp³-hybridized carbons (Fsp3) is 0.316. The smallest absolute Gasteiger partial charge is 0.229 e. The molecule has 4 N–H and O–H groups in total. The first-order chi connectivity index (χ1) is 13.6. The van der Waals surface area contributed by atoms with Gasteiger partial charge in [0.25, 0.3) is 0 Å². The van der Waals surface area contributed by atoms with Crippen LogP contribution in [-0.2, 0) is 9.84 Å². The molecule has 0 atom stereocenters. The summed E-state index contributed by atoms with van der Waals surface area (Å²) >= 11 is 0. The number of benzene rings is 1. The third-order valence-corrected chi connectivity index (χ3v) is 5.29. The van der Waals surface area contributed by atoms with Gasteiger partial charge in [0, 0.05) is 41.1 Å². The minimum absolute atomic E-state index is 0.155. The normalized spacial score (nSPS) is 11.5. The van der Waals surface area contributed by atoms with Crippen molar-refractivity contribution in [3.05, 3.63) is 41.7 Å². The Morgan fingerprint density at radius 3 is 2.41 bits per heavy atom. The summed E-state index contributed by atoms with van der Waals surface area (Å²) in [6, 6.07) is 6.88. The van der Waals surface area contributed by atoms with Crippen LogP contribution >= 0.6 is 0 Å². The van der Waals surface area contributed by atoms with Gasteiger partial charge in [-0.05, 0) is 52.0 Å². The topological polar surface area (TPSA) is 125 Å². The highest BCUT2D eigenvalue weighted by atomic mass is 32.2. The molecule has 0 bridgehead atoms. The zero-order chi connectivity index (χ0) is 21.2. The maximum absolute atomic E-state index is 12.1. The SMILES string of the molecule is Cc1[nH]nc(Nc2ccnc(Nc3cc(NC(C)C)cc(S(C)(=O)=O)c3)n2)c1C. The summed E-state index contributed by atoms with van der Waals surface area (Å²) < 4.78 is 24.1. The first-order valence-electron chi connectivity index (χ1n) is 9.12. The van der Waals surface area contributed by atoms with Gasteiger partial charge in [0.2, 0.25) is 5.95 Å². The van der Waals surface area contributed by atoms with Crippen molar-refractivity contribution in [1.82, 2.24) is 20.2 Å². The molecular weight excluding hydrogens is 390 g/mol. The number of aromatic amines is 1. The summed E-state index contributed by atoms with van der Waals surface area (Å²) in [5.74, 6) is 1.59. The lowest BCUT2D eigenvalue weighted by atomic mass is 10.2. The van der Waals surface area contributed by atoms with Gasteiger partial charge < -0.3 is 16.0 Å². The van der Waals surface area contributed by atoms with E-state index in [9.17, 15) is 8.42 Å². The summed E-state index contributed by atoms with van der Waals surface area (Å²) in [7, 11) is -3.37. The van der Waals surface area contributed by atoms with Crippen LogP contribution in [0.2, 0.25) is 0 Å². The summed E-state index contributed by atoms with van der Waals surface area (Å²) in [4.78, 5) is 8.88. The quantitative estimate of drug-likeness (QED) is 0.462. The highest BCUT2D eigenvalue weighted by Gasteiger charge is 2.12. The van der Waals surface area contributed by atoms with E-state index in [-0.39, 0.29) is 10.9 Å². The Bertz CT molecular complexity index is 1120. The van der Waals surface area contributed by atoms with E-state index in [0.717, 1.165) is 11.3 Å². The molecule has 1 aromatic carbocycles. The number of anilines is 5. The second-order valence-corrected chi connectivity index (χ2v) is 9.17. The van der Waals surface area contributed by atoms with Crippen molar-refractivity contribution in [2.24, 2.45) is 0 Å². The Kier molecular flexibility index (Phi) is 5.73. The largest absolute Gasteiger partial charge is 0.383 e. The van der Waals surface area contributed by atoms with E-state index in [1.54, 1.807) is 24.4 Å². The molecule has 3 rings (SSSR count). The average molecular weight is 416 g/mol. The lowest BCUT2D eigenvalue weighted by Crippen LogP contribution is -2.11. The van der Waals surface area contributed by atoms with Crippen molar-refractivity contribution in [2.45, 2.75) is 38.6 Å². The van der Waals surface area contributed by atoms with Crippen LogP contribution in [0, 0.1) is 13.8 Å². The van der Waals surface area contributed by atoms with Gasteiger partial charge >= 0.3 is 0 Å². The van der Waals surface area contributed by atoms with Crippen molar-refractivity contribution in [3.63, 3.8) is 0 Å². The molecule has 0 saturated carbocycles. The monoisotopic (exact) mass is 415 g/mol. The molecule has 0 aliphatic rings. The maximum atomic E-state index is 12.1. The Labute approximate surface area is 170 Å². The van der Waals surface area contributed by atoms with Gasteiger partial charge in [0.15, 0.2) is 15.7 Å². The van der Waals surface area contributed by atoms with Crippen LogP contribution in [0.3, 0.4) is 0 Å². The number of rotatable bonds is 7. The van der Waals surface area contributed by atoms with E-state index < -0.39 is 9.84 Å². The van der Waals surface area contributed by atoms with Crippen molar-refractivity contribution < 1.29 is 8.42 Å². The fourth-order valence-corrected chi connectivity index (χ4v) is 3.33. The lowest BCUT2D eigenvalue weighted by Gasteiger charge is -2.14. The third kappa shape index (κ3) is 5.23. The van der Waals surface area contributed by atoms with Gasteiger partial charge in [0.05, 0.1) is 4.90 Å². The first-order valence-corrected chi connectivity index (χ1v) is 11.0. The molecule has 29 heavy (non-hydrogen) atoms. The molecule has 0 radical (unpaired) electrons. The van der Waals surface area contributed by atoms with E-state index >= 15 is 0 Å². The Hall–Kier alpha value is -3.14. The van der Waals surface area contributed by atoms with Crippen LogP contribution in [0.5, 0.6) is 0 Å². The number of hydrogen-bond acceptors (Lipinski definition) is 8. The van der Waals surface area contributed by atoms with Crippen molar-refractivity contribution in [2.75, 3.05) is 22.2 Å². The minimum Gasteiger partial charge on any atom is -0.383 e. The predicted molar refractivity (Wildman–Crippen MR) is 115 cm³/mol. The van der Waals surface area contributed by atoms with Gasteiger partial charge in [-0.2, -0.15) is 10.1 Å². The van der Waals surface area contributed by atoms with Gasteiger partial charge in [0.1, 0.15) is 5.82 Å². The summed E-state index contributed by atoms with van der Waals surface area (Å²) in [6.45, 7) is 7.87. The Morgan fingerprint density at radius 1 is 1.07 bits per heavy atom. The Morgan fingerprint density at radius 2 is 1.79 bits per heavy atom. The molecule has 3 aromatic rings. The van der Waals surface area contributed by atoms with E-state index in [1.165, 1.54) is 6.26 Å². The van der Waals surface area contributed by atoms with E-state index in [1.807, 2.05) is 33.8 Å². The van der Waals surface area contributed by atoms with Crippen LogP contribution in [0.15, 0.2) is 35.4 Å². The second-order valence-electron chi connectivity index (χ2n) is 7.15. The summed E-state index contributed by atoms with van der Waals surface area (Å²) in [5.41, 5.74) is 3.24. The summed E-state index contributed by atoms with van der Waals surface area (Å²) in [5, 5.41) is 16.6. The molecule has 2 heterocycles. The van der Waals surface area contributed by atoms with E-state index in [4.69, 9.17) is 0 Å². The van der Waals surface area contributed by atoms with Gasteiger partial charge in [-0.25, -0.2) is 13.4 Å². The zero-order valence-corrected chi connectivity index (χ0v) is 17.8. The third-order valence-electron chi connectivity index (χ3n) is 4.20. The molecule has 154 valence electrons. The molecule has 0 saturated heterocycles. The first kappa shape index (κ1) is 20.6. The molecule has 0 fully saturated rings. The highest BCUT2D eigenvalue weighted by Crippen LogP contribution is 2.25. The van der Waals surface area contributed by atoms with Crippen molar-refractivity contribution >= 4 is 38.8 Å². The van der Waals surface area contributed by atoms with E-state index in [0.29, 0.717) is 29.0 Å². The molecule has 2 aromatic heterocycles.